The third-order valence-corrected chi connectivity index (χ3v) is 5.03. The van der Waals surface area contributed by atoms with Gasteiger partial charge in [-0.25, -0.2) is 9.97 Å². The first-order valence-corrected chi connectivity index (χ1v) is 9.01. The van der Waals surface area contributed by atoms with Gasteiger partial charge in [-0.15, -0.1) is 0 Å². The van der Waals surface area contributed by atoms with E-state index >= 15 is 0 Å². The molecule has 26 heavy (non-hydrogen) atoms. The van der Waals surface area contributed by atoms with Crippen LogP contribution in [0.2, 0.25) is 0 Å². The average molecular weight is 345 g/mol. The van der Waals surface area contributed by atoms with E-state index in [1.165, 1.54) is 5.56 Å². The molecule has 0 aliphatic carbocycles. The molecule has 1 aliphatic rings. The Morgan fingerprint density at radius 1 is 1.04 bits per heavy atom. The molecule has 2 aromatic carbocycles. The van der Waals surface area contributed by atoms with Gasteiger partial charge in [-0.2, -0.15) is 0 Å². The van der Waals surface area contributed by atoms with Crippen LogP contribution in [0.3, 0.4) is 0 Å². The van der Waals surface area contributed by atoms with Crippen molar-refractivity contribution in [3.63, 3.8) is 0 Å². The molecule has 4 rings (SSSR count). The molecule has 4 nitrogen and oxygen atoms in total. The Kier molecular flexibility index (Phi) is 4.53. The lowest BCUT2D eigenvalue weighted by atomic mass is 9.93. The zero-order valence-electron chi connectivity index (χ0n) is 15.0. The van der Waals surface area contributed by atoms with Gasteiger partial charge in [-0.05, 0) is 25.0 Å². The monoisotopic (exact) mass is 345 g/mol. The summed E-state index contributed by atoms with van der Waals surface area (Å²) in [7, 11) is 0. The maximum absolute atomic E-state index is 11.0. The van der Waals surface area contributed by atoms with Gasteiger partial charge in [0.2, 0.25) is 0 Å². The highest BCUT2D eigenvalue weighted by atomic mass is 16.3. The third-order valence-electron chi connectivity index (χ3n) is 5.03. The zero-order chi connectivity index (χ0) is 18.0. The Bertz CT molecular complexity index is 879. The number of aromatic nitrogens is 2. The van der Waals surface area contributed by atoms with Crippen LogP contribution in [0, 0.1) is 6.92 Å². The van der Waals surface area contributed by atoms with Crippen molar-refractivity contribution in [3.05, 3.63) is 83.7 Å². The normalized spacial score (nSPS) is 20.4. The minimum Gasteiger partial charge on any atom is -0.384 e. The largest absolute Gasteiger partial charge is 0.384 e. The number of aliphatic hydroxyl groups is 1. The molecule has 132 valence electrons. The van der Waals surface area contributed by atoms with Crippen molar-refractivity contribution in [1.82, 2.24) is 14.9 Å². The van der Waals surface area contributed by atoms with E-state index in [9.17, 15) is 5.11 Å². The van der Waals surface area contributed by atoms with E-state index in [1.54, 1.807) is 0 Å². The van der Waals surface area contributed by atoms with Crippen molar-refractivity contribution in [1.29, 1.82) is 0 Å². The van der Waals surface area contributed by atoms with E-state index in [2.05, 4.69) is 33.9 Å². The Balaban J connectivity index is 1.44. The van der Waals surface area contributed by atoms with Crippen molar-refractivity contribution < 1.29 is 5.11 Å². The van der Waals surface area contributed by atoms with E-state index in [4.69, 9.17) is 0 Å². The van der Waals surface area contributed by atoms with Gasteiger partial charge in [0.25, 0.3) is 0 Å². The first-order valence-electron chi connectivity index (χ1n) is 9.01. The third kappa shape index (κ3) is 3.52. The second-order valence-corrected chi connectivity index (χ2v) is 7.14. The topological polar surface area (TPSA) is 49.2 Å². The second-order valence-electron chi connectivity index (χ2n) is 7.14. The lowest BCUT2D eigenvalue weighted by molar-refractivity contribution is 0.0453. The smallest absolute Gasteiger partial charge is 0.159 e. The molecule has 0 spiro atoms. The predicted molar refractivity (Wildman–Crippen MR) is 102 cm³/mol. The van der Waals surface area contributed by atoms with Gasteiger partial charge in [-0.1, -0.05) is 54.1 Å². The van der Waals surface area contributed by atoms with Crippen molar-refractivity contribution in [3.8, 4) is 11.4 Å². The molecule has 0 amide bonds. The number of benzene rings is 2. The number of nitrogens with zero attached hydrogens (tertiary/aromatic N) is 3. The van der Waals surface area contributed by atoms with Crippen molar-refractivity contribution >= 4 is 0 Å². The summed E-state index contributed by atoms with van der Waals surface area (Å²) >= 11 is 0. The second kappa shape index (κ2) is 6.98. The summed E-state index contributed by atoms with van der Waals surface area (Å²) in [6, 6.07) is 18.2. The summed E-state index contributed by atoms with van der Waals surface area (Å²) in [4.78, 5) is 11.3. The minimum absolute atomic E-state index is 0.636. The summed E-state index contributed by atoms with van der Waals surface area (Å²) in [5.41, 5.74) is 3.54. The zero-order valence-corrected chi connectivity index (χ0v) is 15.0. The highest BCUT2D eigenvalue weighted by molar-refractivity contribution is 5.55. The number of likely N-dealkylation sites (tertiary alicyclic amines) is 1. The molecule has 4 heteroatoms. The number of hydrogen-bond donors (Lipinski definition) is 1. The fourth-order valence-corrected chi connectivity index (χ4v) is 3.62. The lowest BCUT2D eigenvalue weighted by Crippen LogP contribution is -2.30. The van der Waals surface area contributed by atoms with E-state index in [0.29, 0.717) is 6.54 Å². The Morgan fingerprint density at radius 3 is 2.54 bits per heavy atom. The number of β-amino-alcohol motifs (C(OH)–C–C–N with tert-alkyl or cyclic N) is 1. The summed E-state index contributed by atoms with van der Waals surface area (Å²) < 4.78 is 0. The van der Waals surface area contributed by atoms with Crippen LogP contribution in [0.1, 0.15) is 23.1 Å². The van der Waals surface area contributed by atoms with Gasteiger partial charge in [0.1, 0.15) is 5.60 Å². The number of aryl methyl sites for hydroxylation is 1. The molecule has 3 aromatic rings. The van der Waals surface area contributed by atoms with Crippen LogP contribution in [0.15, 0.2) is 67.0 Å². The maximum Gasteiger partial charge on any atom is 0.159 e. The highest BCUT2D eigenvalue weighted by Gasteiger charge is 2.37. The van der Waals surface area contributed by atoms with Gasteiger partial charge in [0.15, 0.2) is 5.82 Å². The van der Waals surface area contributed by atoms with Crippen molar-refractivity contribution in [2.24, 2.45) is 0 Å². The molecule has 1 aromatic heterocycles. The van der Waals surface area contributed by atoms with Crippen LogP contribution in [-0.2, 0) is 12.1 Å². The standard InChI is InChI=1S/C22H23N3O/c1-17-6-5-7-19(12-17)21-23-13-18(14-24-21)15-25-11-10-22(26,16-25)20-8-3-2-4-9-20/h2-9,12-14,26H,10-11,15-16H2,1H3/t22-/m1/s1. The molecular weight excluding hydrogens is 322 g/mol. The first kappa shape index (κ1) is 16.9. The van der Waals surface area contributed by atoms with E-state index in [0.717, 1.165) is 42.0 Å². The lowest BCUT2D eigenvalue weighted by Gasteiger charge is -2.24. The molecule has 1 aliphatic heterocycles. The van der Waals surface area contributed by atoms with Crippen LogP contribution in [0.25, 0.3) is 11.4 Å². The molecule has 0 bridgehead atoms. The summed E-state index contributed by atoms with van der Waals surface area (Å²) in [5.74, 6) is 0.750. The van der Waals surface area contributed by atoms with E-state index in [1.807, 2.05) is 54.9 Å². The first-order chi connectivity index (χ1) is 12.6. The number of hydrogen-bond acceptors (Lipinski definition) is 4. The minimum atomic E-state index is -0.760. The van der Waals surface area contributed by atoms with Gasteiger partial charge in [-0.3, -0.25) is 4.90 Å². The SMILES string of the molecule is Cc1cccc(-c2ncc(CN3CC[C@](O)(c4ccccc4)C3)cn2)c1. The van der Waals surface area contributed by atoms with Crippen LogP contribution >= 0.6 is 0 Å². The predicted octanol–water partition coefficient (Wildman–Crippen LogP) is 3.55. The van der Waals surface area contributed by atoms with Gasteiger partial charge in [0, 0.05) is 43.2 Å². The van der Waals surface area contributed by atoms with Gasteiger partial charge >= 0.3 is 0 Å². The fourth-order valence-electron chi connectivity index (χ4n) is 3.62. The van der Waals surface area contributed by atoms with Crippen molar-refractivity contribution in [2.75, 3.05) is 13.1 Å². The Hall–Kier alpha value is -2.56. The molecule has 2 heterocycles. The molecule has 1 atom stereocenters. The van der Waals surface area contributed by atoms with Gasteiger partial charge in [0.05, 0.1) is 0 Å². The number of rotatable bonds is 4. The highest BCUT2D eigenvalue weighted by Crippen LogP contribution is 2.32. The molecule has 1 N–H and O–H groups in total. The molecule has 1 fully saturated rings. The van der Waals surface area contributed by atoms with Crippen molar-refractivity contribution in [2.45, 2.75) is 25.5 Å². The summed E-state index contributed by atoms with van der Waals surface area (Å²) in [6.07, 6.45) is 4.54. The molecule has 0 radical (unpaired) electrons. The van der Waals surface area contributed by atoms with E-state index in [-0.39, 0.29) is 0 Å². The molecule has 0 saturated carbocycles. The van der Waals surface area contributed by atoms with Crippen LogP contribution < -0.4 is 0 Å². The molecular formula is C22H23N3O. The Morgan fingerprint density at radius 2 is 1.81 bits per heavy atom. The van der Waals surface area contributed by atoms with Crippen LogP contribution in [-0.4, -0.2) is 33.1 Å². The summed E-state index contributed by atoms with van der Waals surface area (Å²) in [5, 5.41) is 11.0. The summed E-state index contributed by atoms with van der Waals surface area (Å²) in [6.45, 7) is 4.32. The average Bonchev–Trinajstić information content (AvgIpc) is 3.05. The Labute approximate surface area is 154 Å². The van der Waals surface area contributed by atoms with E-state index < -0.39 is 5.60 Å². The fraction of sp³-hybridized carbons (Fsp3) is 0.273. The molecule has 0 unspecified atom stereocenters. The van der Waals surface area contributed by atoms with Gasteiger partial charge < -0.3 is 5.11 Å². The quantitative estimate of drug-likeness (QED) is 0.786. The van der Waals surface area contributed by atoms with Crippen LogP contribution in [0.4, 0.5) is 0 Å². The molecule has 1 saturated heterocycles. The van der Waals surface area contributed by atoms with Crippen LogP contribution in [0.5, 0.6) is 0 Å². The maximum atomic E-state index is 11.0.